The second-order valence-electron chi connectivity index (χ2n) is 11.7. The maximum Gasteiger partial charge on any atom is 0.228 e. The number of nitrogens with one attached hydrogen (secondary N) is 1. The zero-order chi connectivity index (χ0) is 32.0. The number of carbonyl (C=O) groups is 3. The van der Waals surface area contributed by atoms with E-state index in [9.17, 15) is 14.4 Å². The van der Waals surface area contributed by atoms with E-state index in [0.29, 0.717) is 74.9 Å². The van der Waals surface area contributed by atoms with Gasteiger partial charge in [0.1, 0.15) is 18.1 Å². The summed E-state index contributed by atoms with van der Waals surface area (Å²) in [6.45, 7) is 4.79. The van der Waals surface area contributed by atoms with Crippen LogP contribution in [-0.2, 0) is 33.8 Å². The lowest BCUT2D eigenvalue weighted by atomic mass is 9.88. The van der Waals surface area contributed by atoms with Crippen molar-refractivity contribution in [3.05, 3.63) is 71.9 Å². The summed E-state index contributed by atoms with van der Waals surface area (Å²) in [6.07, 6.45) is 5.43. The van der Waals surface area contributed by atoms with Crippen LogP contribution in [0.25, 0.3) is 11.0 Å². The molecule has 2 aliphatic rings. The molecular weight excluding hydrogens is 588 g/mol. The highest BCUT2D eigenvalue weighted by Gasteiger charge is 2.40. The number of para-hydroxylation sites is 1. The van der Waals surface area contributed by atoms with Crippen molar-refractivity contribution in [2.75, 3.05) is 46.4 Å². The van der Waals surface area contributed by atoms with Gasteiger partial charge in [0, 0.05) is 69.3 Å². The normalized spacial score (nSPS) is 18.9. The van der Waals surface area contributed by atoms with Gasteiger partial charge in [0.2, 0.25) is 17.7 Å². The average Bonchev–Trinajstić information content (AvgIpc) is 3.83. The molecule has 1 fully saturated rings. The monoisotopic (exact) mass is 628 g/mol. The van der Waals surface area contributed by atoms with Crippen molar-refractivity contribution in [1.29, 1.82) is 0 Å². The number of aryl methyl sites for hydroxylation is 2. The predicted molar refractivity (Wildman–Crippen MR) is 169 cm³/mol. The van der Waals surface area contributed by atoms with Crippen molar-refractivity contribution in [3.63, 3.8) is 0 Å². The molecule has 46 heavy (non-hydrogen) atoms. The highest BCUT2D eigenvalue weighted by molar-refractivity contribution is 5.86. The highest BCUT2D eigenvalue weighted by atomic mass is 16.5. The van der Waals surface area contributed by atoms with Crippen LogP contribution in [-0.4, -0.2) is 88.7 Å². The minimum absolute atomic E-state index is 0.00741. The van der Waals surface area contributed by atoms with Crippen LogP contribution < -0.4 is 14.8 Å². The van der Waals surface area contributed by atoms with E-state index in [0.717, 1.165) is 23.2 Å². The first-order valence-corrected chi connectivity index (χ1v) is 15.9. The van der Waals surface area contributed by atoms with E-state index in [1.165, 1.54) is 0 Å². The molecule has 2 aliphatic heterocycles. The van der Waals surface area contributed by atoms with Crippen molar-refractivity contribution in [2.45, 2.75) is 45.1 Å². The first-order valence-electron chi connectivity index (χ1n) is 15.9. The Kier molecular flexibility index (Phi) is 9.51. The molecule has 242 valence electrons. The second-order valence-corrected chi connectivity index (χ2v) is 11.7. The van der Waals surface area contributed by atoms with Crippen molar-refractivity contribution < 1.29 is 28.4 Å². The molecule has 2 atom stereocenters. The van der Waals surface area contributed by atoms with Crippen LogP contribution in [0.2, 0.25) is 0 Å². The Labute approximate surface area is 267 Å². The summed E-state index contributed by atoms with van der Waals surface area (Å²) >= 11 is 0. The largest absolute Gasteiger partial charge is 0.493 e. The van der Waals surface area contributed by atoms with E-state index in [2.05, 4.69) is 15.5 Å². The zero-order valence-electron chi connectivity index (χ0n) is 26.3. The molecule has 4 heterocycles. The quantitative estimate of drug-likeness (QED) is 0.330. The molecular formula is C34H40N6O6. The van der Waals surface area contributed by atoms with E-state index >= 15 is 0 Å². The maximum absolute atomic E-state index is 13.6. The van der Waals surface area contributed by atoms with Crippen molar-refractivity contribution in [2.24, 2.45) is 5.92 Å². The van der Waals surface area contributed by atoms with E-state index in [1.54, 1.807) is 23.1 Å². The topological polar surface area (TPSA) is 132 Å². The van der Waals surface area contributed by atoms with Crippen LogP contribution in [0, 0.1) is 5.92 Å². The Hall–Kier alpha value is -4.87. The Morgan fingerprint density at radius 3 is 2.76 bits per heavy atom. The number of benzene rings is 2. The molecule has 4 aromatic rings. The third-order valence-electron chi connectivity index (χ3n) is 8.96. The number of methoxy groups -OCH3 is 1. The van der Waals surface area contributed by atoms with Gasteiger partial charge < -0.3 is 33.7 Å². The predicted octanol–water partition coefficient (Wildman–Crippen LogP) is 3.20. The highest BCUT2D eigenvalue weighted by Crippen LogP contribution is 2.38. The second kappa shape index (κ2) is 14.1. The lowest BCUT2D eigenvalue weighted by Crippen LogP contribution is -2.40. The minimum atomic E-state index is -0.425. The van der Waals surface area contributed by atoms with Gasteiger partial charge in [-0.25, -0.2) is 4.98 Å². The number of fused-ring (bicyclic) bond motifs is 5. The minimum Gasteiger partial charge on any atom is -0.493 e. The molecule has 0 spiro atoms. The number of carbonyl (C=O) groups excluding carboxylic acids is 3. The fourth-order valence-electron chi connectivity index (χ4n) is 6.44. The number of hydrogen-bond donors (Lipinski definition) is 1. The number of aromatic nitrogens is 3. The summed E-state index contributed by atoms with van der Waals surface area (Å²) in [4.78, 5) is 48.3. The van der Waals surface area contributed by atoms with Crippen LogP contribution in [0.4, 0.5) is 0 Å². The van der Waals surface area contributed by atoms with Crippen molar-refractivity contribution in [1.82, 2.24) is 29.8 Å². The van der Waals surface area contributed by atoms with E-state index in [-0.39, 0.29) is 36.7 Å². The molecule has 2 aromatic carbocycles. The van der Waals surface area contributed by atoms with Gasteiger partial charge >= 0.3 is 0 Å². The number of imidazole rings is 1. The van der Waals surface area contributed by atoms with E-state index < -0.39 is 5.92 Å². The Morgan fingerprint density at radius 2 is 1.91 bits per heavy atom. The van der Waals surface area contributed by atoms with Gasteiger partial charge in [-0.3, -0.25) is 14.4 Å². The van der Waals surface area contributed by atoms with Crippen LogP contribution in [0.5, 0.6) is 11.5 Å². The van der Waals surface area contributed by atoms with Crippen LogP contribution in [0.15, 0.2) is 59.4 Å². The third kappa shape index (κ3) is 6.70. The molecule has 1 saturated heterocycles. The summed E-state index contributed by atoms with van der Waals surface area (Å²) in [6, 6.07) is 13.1. The number of hydrogen-bond acceptors (Lipinski definition) is 8. The van der Waals surface area contributed by atoms with Gasteiger partial charge in [-0.15, -0.1) is 0 Å². The average molecular weight is 629 g/mol. The fraction of sp³-hybridized carbons (Fsp3) is 0.441. The lowest BCUT2D eigenvalue weighted by molar-refractivity contribution is -0.131. The molecule has 12 heteroatoms. The molecule has 0 saturated carbocycles. The number of nitrogens with zero attached hydrogens (tertiary/aromatic N) is 5. The molecule has 0 aliphatic carbocycles. The van der Waals surface area contributed by atoms with E-state index in [4.69, 9.17) is 14.0 Å². The van der Waals surface area contributed by atoms with Crippen LogP contribution in [0.1, 0.15) is 42.8 Å². The molecule has 0 radical (unpaired) electrons. The standard InChI is InChI=1S/C34H40N6O6/c1-3-31-35-13-16-38(31)15-11-32(41)40-21-25-23-9-10-29(44-2)30(19-23)45-18-17-39(14-6-12-36-34(43)26(25)22-40)33(42)20-27-24-7-4-5-8-28(24)46-37-27/h4-5,7-10,13,16,19,25-26H,3,6,11-12,14-15,17-18,20-22H2,1-2H3,(H,36,43)/t25-,26+/m1/s1. The SMILES string of the molecule is CCc1nccn1CCC(=O)N1C[C@@H]2C(=O)NCCCN(C(=O)Cc3noc4ccccc34)CCOc3cc(ccc3OC)[C@H]2C1. The number of likely N-dealkylation sites (tertiary alicyclic amines) is 1. The first kappa shape index (κ1) is 31.1. The Balaban J connectivity index is 1.17. The van der Waals surface area contributed by atoms with Gasteiger partial charge in [0.25, 0.3) is 0 Å². The Morgan fingerprint density at radius 1 is 1.07 bits per heavy atom. The maximum atomic E-state index is 13.6. The van der Waals surface area contributed by atoms with Crippen molar-refractivity contribution >= 4 is 28.7 Å². The molecule has 0 unspecified atom stereocenters. The molecule has 6 rings (SSSR count). The van der Waals surface area contributed by atoms with Gasteiger partial charge in [0.15, 0.2) is 17.1 Å². The number of rotatable bonds is 7. The zero-order valence-corrected chi connectivity index (χ0v) is 26.3. The summed E-state index contributed by atoms with van der Waals surface area (Å²) in [7, 11) is 1.58. The summed E-state index contributed by atoms with van der Waals surface area (Å²) in [5.74, 6) is 1.21. The summed E-state index contributed by atoms with van der Waals surface area (Å²) < 4.78 is 19.2. The van der Waals surface area contributed by atoms with Gasteiger partial charge in [-0.05, 0) is 36.2 Å². The molecule has 2 aromatic heterocycles. The smallest absolute Gasteiger partial charge is 0.228 e. The lowest BCUT2D eigenvalue weighted by Gasteiger charge is -2.25. The summed E-state index contributed by atoms with van der Waals surface area (Å²) in [5.41, 5.74) is 2.13. The van der Waals surface area contributed by atoms with Gasteiger partial charge in [-0.2, -0.15) is 0 Å². The fourth-order valence-corrected chi connectivity index (χ4v) is 6.44. The molecule has 2 bridgehead atoms. The van der Waals surface area contributed by atoms with Crippen LogP contribution >= 0.6 is 0 Å². The van der Waals surface area contributed by atoms with Crippen LogP contribution in [0.3, 0.4) is 0 Å². The van der Waals surface area contributed by atoms with E-state index in [1.807, 2.05) is 60.2 Å². The number of ether oxygens (including phenoxy) is 2. The molecule has 12 nitrogen and oxygen atoms in total. The first-order chi connectivity index (χ1) is 22.4. The number of amides is 3. The van der Waals surface area contributed by atoms with Gasteiger partial charge in [-0.1, -0.05) is 30.3 Å². The summed E-state index contributed by atoms with van der Waals surface area (Å²) in [5, 5.41) is 8.03. The Bertz CT molecular complexity index is 1700. The molecule has 3 amide bonds. The third-order valence-corrected chi connectivity index (χ3v) is 8.96. The van der Waals surface area contributed by atoms with Gasteiger partial charge in [0.05, 0.1) is 26.0 Å². The van der Waals surface area contributed by atoms with Crippen molar-refractivity contribution in [3.8, 4) is 11.5 Å². The molecule has 1 N–H and O–H groups in total.